The molecule has 3 aromatic rings. The molecule has 0 aliphatic carbocycles. The molecule has 2 N–H and O–H groups in total. The minimum atomic E-state index is -0.496. The van der Waals surface area contributed by atoms with Gasteiger partial charge in [-0.3, -0.25) is 24.4 Å². The smallest absolute Gasteiger partial charge is 0.258 e. The van der Waals surface area contributed by atoms with Crippen LogP contribution in [0.4, 0.5) is 0 Å². The first-order chi connectivity index (χ1) is 14.4. The lowest BCUT2D eigenvalue weighted by Gasteiger charge is -2.19. The molecule has 3 amide bonds. The van der Waals surface area contributed by atoms with E-state index in [0.717, 1.165) is 11.1 Å². The Hall–Kier alpha value is -3.69. The summed E-state index contributed by atoms with van der Waals surface area (Å²) in [5.74, 6) is -0.869. The summed E-state index contributed by atoms with van der Waals surface area (Å²) in [6.45, 7) is 0.199. The average Bonchev–Trinajstić information content (AvgIpc) is 3.28. The molecule has 0 bridgehead atoms. The number of rotatable bonds is 6. The predicted octanol–water partition coefficient (Wildman–Crippen LogP) is 0.522. The topological polar surface area (TPSA) is 120 Å². The number of imidazole rings is 1. The summed E-state index contributed by atoms with van der Waals surface area (Å²) in [6.07, 6.45) is 4.05. The van der Waals surface area contributed by atoms with Crippen molar-refractivity contribution >= 4 is 28.6 Å². The van der Waals surface area contributed by atoms with E-state index in [4.69, 9.17) is 4.74 Å². The van der Waals surface area contributed by atoms with Crippen molar-refractivity contribution in [3.05, 3.63) is 42.1 Å². The number of aromatic nitrogens is 4. The zero-order chi connectivity index (χ0) is 21.3. The van der Waals surface area contributed by atoms with Crippen molar-refractivity contribution in [1.29, 1.82) is 0 Å². The maximum Gasteiger partial charge on any atom is 0.258 e. The van der Waals surface area contributed by atoms with Crippen molar-refractivity contribution in [3.63, 3.8) is 0 Å². The second kappa shape index (κ2) is 7.97. The van der Waals surface area contributed by atoms with E-state index in [-0.39, 0.29) is 30.7 Å². The molecule has 1 aromatic carbocycles. The molecule has 10 nitrogen and oxygen atoms in total. The third-order valence-corrected chi connectivity index (χ3v) is 5.17. The highest BCUT2D eigenvalue weighted by Gasteiger charge is 2.32. The van der Waals surface area contributed by atoms with Gasteiger partial charge >= 0.3 is 0 Å². The maximum atomic E-state index is 12.3. The molecule has 1 saturated heterocycles. The van der Waals surface area contributed by atoms with Gasteiger partial charge in [-0.2, -0.15) is 5.10 Å². The summed E-state index contributed by atoms with van der Waals surface area (Å²) < 4.78 is 9.22. The van der Waals surface area contributed by atoms with Gasteiger partial charge in [-0.05, 0) is 12.5 Å². The summed E-state index contributed by atoms with van der Waals surface area (Å²) in [7, 11) is 3.61. The van der Waals surface area contributed by atoms with E-state index in [1.165, 1.54) is 0 Å². The molecule has 156 valence electrons. The molecule has 1 atom stereocenters. The molecule has 2 aromatic heterocycles. The zero-order valence-electron chi connectivity index (χ0n) is 16.7. The van der Waals surface area contributed by atoms with Gasteiger partial charge < -0.3 is 14.6 Å². The van der Waals surface area contributed by atoms with Crippen LogP contribution in [0.3, 0.4) is 0 Å². The van der Waals surface area contributed by atoms with E-state index in [1.54, 1.807) is 36.4 Å². The fourth-order valence-corrected chi connectivity index (χ4v) is 3.60. The molecule has 1 aliphatic heterocycles. The number of nitrogens with one attached hydrogen (secondary N) is 2. The number of carbonyl (C=O) groups excluding carboxylic acids is 3. The maximum absolute atomic E-state index is 12.3. The summed E-state index contributed by atoms with van der Waals surface area (Å²) in [5, 5.41) is 10.4. The number of nitrogens with zero attached hydrogens (tertiary/aromatic N) is 4. The largest absolute Gasteiger partial charge is 0.482 e. The Morgan fingerprint density at radius 1 is 1.33 bits per heavy atom. The van der Waals surface area contributed by atoms with E-state index in [9.17, 15) is 14.4 Å². The average molecular weight is 410 g/mol. The quantitative estimate of drug-likeness (QED) is 0.572. The second-order valence-electron chi connectivity index (χ2n) is 7.23. The van der Waals surface area contributed by atoms with Crippen LogP contribution < -0.4 is 15.4 Å². The highest BCUT2D eigenvalue weighted by atomic mass is 16.5. The predicted molar refractivity (Wildman–Crippen MR) is 106 cm³/mol. The van der Waals surface area contributed by atoms with Crippen LogP contribution in [0.2, 0.25) is 0 Å². The Balaban J connectivity index is 1.49. The van der Waals surface area contributed by atoms with Crippen LogP contribution in [0.25, 0.3) is 10.9 Å². The molecule has 1 fully saturated rings. The molecular weight excluding hydrogens is 388 g/mol. The van der Waals surface area contributed by atoms with Crippen molar-refractivity contribution < 1.29 is 19.1 Å². The Bertz CT molecular complexity index is 1130. The standard InChI is InChI=1S/C20H22N6O4/c1-25-11-21-8-12(25)9-22-17(28)10-30-15-5-3-4-13-18(24-26(2)19(13)15)14-6-7-16(27)23-20(14)29/h3-5,8,11,14H,6-7,9-10H2,1-2H3,(H,22,28)(H,23,27,29). The van der Waals surface area contributed by atoms with Gasteiger partial charge in [0.1, 0.15) is 11.3 Å². The van der Waals surface area contributed by atoms with Crippen LogP contribution in [-0.2, 0) is 35.0 Å². The second-order valence-corrected chi connectivity index (χ2v) is 7.23. The summed E-state index contributed by atoms with van der Waals surface area (Å²) >= 11 is 0. The number of fused-ring (bicyclic) bond motifs is 1. The lowest BCUT2D eigenvalue weighted by Crippen LogP contribution is -2.39. The molecule has 3 heterocycles. The third kappa shape index (κ3) is 3.76. The number of para-hydroxylation sites is 1. The van der Waals surface area contributed by atoms with Gasteiger partial charge in [-0.1, -0.05) is 12.1 Å². The van der Waals surface area contributed by atoms with Gasteiger partial charge in [0.2, 0.25) is 11.8 Å². The molecule has 1 unspecified atom stereocenters. The normalized spacial score (nSPS) is 16.5. The molecule has 30 heavy (non-hydrogen) atoms. The number of ether oxygens (including phenoxy) is 1. The van der Waals surface area contributed by atoms with Crippen molar-refractivity contribution in [2.24, 2.45) is 14.1 Å². The number of carbonyl (C=O) groups is 3. The van der Waals surface area contributed by atoms with Crippen molar-refractivity contribution in [3.8, 4) is 5.75 Å². The molecule has 1 aliphatic rings. The summed E-state index contributed by atoms with van der Waals surface area (Å²) in [4.78, 5) is 39.9. The van der Waals surface area contributed by atoms with Crippen LogP contribution in [0.15, 0.2) is 30.7 Å². The monoisotopic (exact) mass is 410 g/mol. The molecule has 10 heteroatoms. The summed E-state index contributed by atoms with van der Waals surface area (Å²) in [6, 6.07) is 5.41. The Labute approximate surface area is 172 Å². The van der Waals surface area contributed by atoms with Crippen molar-refractivity contribution in [2.75, 3.05) is 6.61 Å². The minimum Gasteiger partial charge on any atom is -0.482 e. The Morgan fingerprint density at radius 2 is 2.17 bits per heavy atom. The first-order valence-electron chi connectivity index (χ1n) is 9.58. The van der Waals surface area contributed by atoms with Gasteiger partial charge in [-0.15, -0.1) is 0 Å². The molecule has 0 saturated carbocycles. The van der Waals surface area contributed by atoms with Crippen molar-refractivity contribution in [1.82, 2.24) is 30.0 Å². The van der Waals surface area contributed by atoms with E-state index < -0.39 is 5.92 Å². The van der Waals surface area contributed by atoms with E-state index in [2.05, 4.69) is 20.7 Å². The van der Waals surface area contributed by atoms with Crippen LogP contribution in [0, 0.1) is 0 Å². The van der Waals surface area contributed by atoms with Crippen molar-refractivity contribution in [2.45, 2.75) is 25.3 Å². The van der Waals surface area contributed by atoms with Gasteiger partial charge in [-0.25, -0.2) is 4.98 Å². The van der Waals surface area contributed by atoms with Crippen LogP contribution >= 0.6 is 0 Å². The number of hydrogen-bond donors (Lipinski definition) is 2. The highest BCUT2D eigenvalue weighted by Crippen LogP contribution is 2.34. The lowest BCUT2D eigenvalue weighted by molar-refractivity contribution is -0.134. The van der Waals surface area contributed by atoms with E-state index in [1.807, 2.05) is 17.7 Å². The van der Waals surface area contributed by atoms with Gasteiger partial charge in [0.25, 0.3) is 5.91 Å². The highest BCUT2D eigenvalue weighted by molar-refractivity contribution is 6.03. The first-order valence-corrected chi connectivity index (χ1v) is 9.58. The Kier molecular flexibility index (Phi) is 5.21. The van der Waals surface area contributed by atoms with E-state index >= 15 is 0 Å². The summed E-state index contributed by atoms with van der Waals surface area (Å²) in [5.41, 5.74) is 2.17. The van der Waals surface area contributed by atoms with Crippen LogP contribution in [0.5, 0.6) is 5.75 Å². The van der Waals surface area contributed by atoms with Gasteiger partial charge in [0.05, 0.1) is 30.2 Å². The number of imide groups is 1. The number of piperidine rings is 1. The first kappa shape index (κ1) is 19.6. The fraction of sp³-hybridized carbons (Fsp3) is 0.350. The van der Waals surface area contributed by atoms with Gasteiger partial charge in [0, 0.05) is 32.1 Å². The number of amides is 3. The minimum absolute atomic E-state index is 0.157. The fourth-order valence-electron chi connectivity index (χ4n) is 3.60. The Morgan fingerprint density at radius 3 is 2.90 bits per heavy atom. The molecule has 0 spiro atoms. The number of aryl methyl sites for hydroxylation is 2. The SMILES string of the molecule is Cn1cncc1CNC(=O)COc1cccc2c(C3CCC(=O)NC3=O)nn(C)c12. The third-order valence-electron chi connectivity index (χ3n) is 5.17. The molecule has 4 rings (SSSR count). The van der Waals surface area contributed by atoms with Crippen LogP contribution in [-0.4, -0.2) is 43.7 Å². The molecular formula is C20H22N6O4. The van der Waals surface area contributed by atoms with Crippen LogP contribution in [0.1, 0.15) is 30.1 Å². The zero-order valence-corrected chi connectivity index (χ0v) is 16.7. The number of benzene rings is 1. The van der Waals surface area contributed by atoms with Gasteiger partial charge in [0.15, 0.2) is 6.61 Å². The lowest BCUT2D eigenvalue weighted by atomic mass is 9.93. The molecule has 0 radical (unpaired) electrons. The number of hydrogen-bond acceptors (Lipinski definition) is 6. The van der Waals surface area contributed by atoms with E-state index in [0.29, 0.717) is 29.9 Å².